The third-order valence-corrected chi connectivity index (χ3v) is 3.94. The minimum atomic E-state index is -0.359. The van der Waals surface area contributed by atoms with Crippen LogP contribution in [-0.4, -0.2) is 37.1 Å². The molecule has 1 unspecified atom stereocenters. The molecule has 0 aliphatic rings. The summed E-state index contributed by atoms with van der Waals surface area (Å²) in [4.78, 5) is 28.2. The zero-order chi connectivity index (χ0) is 15.1. The van der Waals surface area contributed by atoms with Crippen molar-refractivity contribution in [2.24, 2.45) is 0 Å². The molecule has 0 fully saturated rings. The maximum absolute atomic E-state index is 11.7. The molecule has 1 aromatic heterocycles. The van der Waals surface area contributed by atoms with E-state index in [4.69, 9.17) is 4.74 Å². The van der Waals surface area contributed by atoms with Crippen LogP contribution >= 0.6 is 23.7 Å². The monoisotopic (exact) mass is 335 g/mol. The first-order chi connectivity index (χ1) is 9.49. The Bertz CT molecular complexity index is 479. The number of aromatic nitrogens is 1. The summed E-state index contributed by atoms with van der Waals surface area (Å²) in [7, 11) is 1.80. The predicted molar refractivity (Wildman–Crippen MR) is 85.2 cm³/mol. The van der Waals surface area contributed by atoms with Gasteiger partial charge in [0, 0.05) is 13.0 Å². The Morgan fingerprint density at radius 2 is 2.10 bits per heavy atom. The van der Waals surface area contributed by atoms with Crippen LogP contribution in [0.15, 0.2) is 0 Å². The normalized spacial score (nSPS) is 11.4. The van der Waals surface area contributed by atoms with Gasteiger partial charge in [0.15, 0.2) is 0 Å². The maximum Gasteiger partial charge on any atom is 0.350 e. The highest BCUT2D eigenvalue weighted by molar-refractivity contribution is 7.13. The number of ether oxygens (including phenoxy) is 1. The summed E-state index contributed by atoms with van der Waals surface area (Å²) in [6.45, 7) is 6.34. The van der Waals surface area contributed by atoms with Gasteiger partial charge in [0.1, 0.15) is 9.88 Å². The van der Waals surface area contributed by atoms with Crippen molar-refractivity contribution >= 4 is 35.6 Å². The molecule has 0 aromatic carbocycles. The van der Waals surface area contributed by atoms with Crippen molar-refractivity contribution in [2.75, 3.05) is 20.2 Å². The third-order valence-electron chi connectivity index (χ3n) is 2.62. The van der Waals surface area contributed by atoms with Gasteiger partial charge < -0.3 is 15.4 Å². The van der Waals surface area contributed by atoms with Crippen LogP contribution in [0, 0.1) is 6.92 Å². The molecular formula is C13H22ClN3O3S. The zero-order valence-electron chi connectivity index (χ0n) is 12.7. The number of nitrogens with zero attached hydrogens (tertiary/aromatic N) is 1. The molecule has 1 aromatic rings. The van der Waals surface area contributed by atoms with Crippen molar-refractivity contribution in [2.45, 2.75) is 33.2 Å². The molecule has 6 nitrogen and oxygen atoms in total. The van der Waals surface area contributed by atoms with Crippen LogP contribution in [0.3, 0.4) is 0 Å². The second-order valence-electron chi connectivity index (χ2n) is 4.33. The van der Waals surface area contributed by atoms with Gasteiger partial charge in [-0.05, 0) is 27.8 Å². The first kappa shape index (κ1) is 19.8. The van der Waals surface area contributed by atoms with Crippen LogP contribution in [0.4, 0.5) is 0 Å². The van der Waals surface area contributed by atoms with Crippen molar-refractivity contribution in [3.63, 3.8) is 0 Å². The number of amides is 1. The first-order valence-corrected chi connectivity index (χ1v) is 7.39. The summed E-state index contributed by atoms with van der Waals surface area (Å²) >= 11 is 1.27. The second kappa shape index (κ2) is 9.70. The molecule has 0 saturated carbocycles. The fourth-order valence-electron chi connectivity index (χ4n) is 1.60. The van der Waals surface area contributed by atoms with Crippen LogP contribution in [0.5, 0.6) is 0 Å². The van der Waals surface area contributed by atoms with Crippen LogP contribution < -0.4 is 10.6 Å². The smallest absolute Gasteiger partial charge is 0.350 e. The number of aryl methyl sites for hydroxylation is 1. The molecule has 0 bridgehead atoms. The number of esters is 1. The highest BCUT2D eigenvalue weighted by atomic mass is 35.5. The van der Waals surface area contributed by atoms with Gasteiger partial charge in [0.2, 0.25) is 5.91 Å². The van der Waals surface area contributed by atoms with Gasteiger partial charge in [0.25, 0.3) is 0 Å². The molecule has 21 heavy (non-hydrogen) atoms. The number of hydrogen-bond donors (Lipinski definition) is 2. The quantitative estimate of drug-likeness (QED) is 0.743. The van der Waals surface area contributed by atoms with Gasteiger partial charge in [-0.2, -0.15) is 0 Å². The number of nitrogens with one attached hydrogen (secondary N) is 2. The predicted octanol–water partition coefficient (Wildman–Crippen LogP) is 1.84. The molecule has 0 aliphatic carbocycles. The number of rotatable bonds is 7. The van der Waals surface area contributed by atoms with Crippen molar-refractivity contribution in [3.05, 3.63) is 15.6 Å². The second-order valence-corrected chi connectivity index (χ2v) is 5.36. The van der Waals surface area contributed by atoms with E-state index in [9.17, 15) is 9.59 Å². The number of carbonyl (C=O) groups excluding carboxylic acids is 2. The average molecular weight is 336 g/mol. The van der Waals surface area contributed by atoms with E-state index < -0.39 is 0 Å². The largest absolute Gasteiger partial charge is 0.462 e. The van der Waals surface area contributed by atoms with Crippen LogP contribution in [0.1, 0.15) is 46.7 Å². The SMILES string of the molecule is CCOC(=O)c1sc(C(C)NC(=O)CCNC)nc1C.Cl. The molecule has 1 atom stereocenters. The standard InChI is InChI=1S/C13H21N3O3S.ClH/c1-5-19-13(18)11-8(2)16-12(20-11)9(3)15-10(17)6-7-14-4;/h9,14H,5-7H2,1-4H3,(H,15,17);1H. The Morgan fingerprint density at radius 1 is 1.43 bits per heavy atom. The van der Waals surface area contributed by atoms with Gasteiger partial charge in [0.05, 0.1) is 18.3 Å². The molecule has 1 rings (SSSR count). The average Bonchev–Trinajstić information content (AvgIpc) is 2.79. The van der Waals surface area contributed by atoms with Crippen LogP contribution in [-0.2, 0) is 9.53 Å². The Morgan fingerprint density at radius 3 is 2.67 bits per heavy atom. The van der Waals surface area contributed by atoms with E-state index in [1.807, 2.05) is 6.92 Å². The van der Waals surface area contributed by atoms with Crippen molar-refractivity contribution in [1.29, 1.82) is 0 Å². The van der Waals surface area contributed by atoms with Gasteiger partial charge >= 0.3 is 5.97 Å². The molecular weight excluding hydrogens is 314 g/mol. The summed E-state index contributed by atoms with van der Waals surface area (Å²) in [5.41, 5.74) is 0.639. The van der Waals surface area contributed by atoms with E-state index in [0.29, 0.717) is 35.2 Å². The fraction of sp³-hybridized carbons (Fsp3) is 0.615. The number of thiazole rings is 1. The third kappa shape index (κ3) is 5.99. The molecule has 0 radical (unpaired) electrons. The Balaban J connectivity index is 0.00000400. The minimum absolute atomic E-state index is 0. The summed E-state index contributed by atoms with van der Waals surface area (Å²) in [6, 6.07) is -0.216. The molecule has 0 aliphatic heterocycles. The maximum atomic E-state index is 11.7. The Hall–Kier alpha value is -1.18. The zero-order valence-corrected chi connectivity index (χ0v) is 14.3. The Labute approximate surface area is 135 Å². The fourth-order valence-corrected chi connectivity index (χ4v) is 2.57. The lowest BCUT2D eigenvalue weighted by atomic mass is 10.3. The molecule has 120 valence electrons. The van der Waals surface area contributed by atoms with E-state index >= 15 is 0 Å². The van der Waals surface area contributed by atoms with Crippen molar-refractivity contribution in [1.82, 2.24) is 15.6 Å². The van der Waals surface area contributed by atoms with Crippen LogP contribution in [0.2, 0.25) is 0 Å². The Kier molecular flexibility index (Phi) is 9.16. The van der Waals surface area contributed by atoms with Crippen LogP contribution in [0.25, 0.3) is 0 Å². The molecule has 8 heteroatoms. The topological polar surface area (TPSA) is 80.3 Å². The van der Waals surface area contributed by atoms with Gasteiger partial charge in [-0.3, -0.25) is 4.79 Å². The van der Waals surface area contributed by atoms with E-state index in [2.05, 4.69) is 15.6 Å². The van der Waals surface area contributed by atoms with Gasteiger partial charge in [-0.1, -0.05) is 0 Å². The lowest BCUT2D eigenvalue weighted by Crippen LogP contribution is -2.28. The van der Waals surface area contributed by atoms with Crippen molar-refractivity contribution in [3.8, 4) is 0 Å². The molecule has 0 saturated heterocycles. The molecule has 2 N–H and O–H groups in total. The number of hydrogen-bond acceptors (Lipinski definition) is 6. The minimum Gasteiger partial charge on any atom is -0.462 e. The summed E-state index contributed by atoms with van der Waals surface area (Å²) in [5.74, 6) is -0.403. The van der Waals surface area contributed by atoms with Crippen molar-refractivity contribution < 1.29 is 14.3 Å². The molecule has 0 spiro atoms. The summed E-state index contributed by atoms with van der Waals surface area (Å²) in [5, 5.41) is 6.49. The van der Waals surface area contributed by atoms with E-state index in [0.717, 1.165) is 0 Å². The van der Waals surface area contributed by atoms with E-state index in [1.54, 1.807) is 20.9 Å². The van der Waals surface area contributed by atoms with E-state index in [-0.39, 0.29) is 30.3 Å². The summed E-state index contributed by atoms with van der Waals surface area (Å²) < 4.78 is 4.97. The molecule has 1 heterocycles. The van der Waals surface area contributed by atoms with Gasteiger partial charge in [-0.25, -0.2) is 9.78 Å². The lowest BCUT2D eigenvalue weighted by Gasteiger charge is -2.10. The van der Waals surface area contributed by atoms with Gasteiger partial charge in [-0.15, -0.1) is 23.7 Å². The molecule has 1 amide bonds. The highest BCUT2D eigenvalue weighted by Crippen LogP contribution is 2.24. The number of halogens is 1. The highest BCUT2D eigenvalue weighted by Gasteiger charge is 2.20. The first-order valence-electron chi connectivity index (χ1n) is 6.58. The number of carbonyl (C=O) groups is 2. The summed E-state index contributed by atoms with van der Waals surface area (Å²) in [6.07, 6.45) is 0.413. The lowest BCUT2D eigenvalue weighted by molar-refractivity contribution is -0.121. The van der Waals surface area contributed by atoms with E-state index in [1.165, 1.54) is 11.3 Å².